The Bertz CT molecular complexity index is 526. The number of rotatable bonds is 8. The molecule has 1 saturated heterocycles. The molecule has 1 aromatic rings. The van der Waals surface area contributed by atoms with Crippen LogP contribution in [0.3, 0.4) is 0 Å². The van der Waals surface area contributed by atoms with Gasteiger partial charge in [-0.1, -0.05) is 0 Å². The van der Waals surface area contributed by atoms with E-state index in [2.05, 4.69) is 14.7 Å². The summed E-state index contributed by atoms with van der Waals surface area (Å²) in [5.41, 5.74) is 0. The van der Waals surface area contributed by atoms with Gasteiger partial charge in [-0.2, -0.15) is 16.9 Å². The summed E-state index contributed by atoms with van der Waals surface area (Å²) < 4.78 is 28.4. The van der Waals surface area contributed by atoms with Crippen molar-refractivity contribution >= 4 is 21.8 Å². The molecule has 0 atom stereocenters. The van der Waals surface area contributed by atoms with Crippen molar-refractivity contribution in [1.82, 2.24) is 19.4 Å². The molecular formula is C12H22N4O3S2. The molecule has 2 N–H and O–H groups in total. The molecule has 9 heteroatoms. The van der Waals surface area contributed by atoms with Crippen molar-refractivity contribution in [2.75, 3.05) is 44.3 Å². The first-order chi connectivity index (χ1) is 10.1. The van der Waals surface area contributed by atoms with Crippen LogP contribution in [-0.2, 0) is 16.6 Å². The number of aliphatic hydroxyl groups excluding tert-OH is 1. The zero-order valence-electron chi connectivity index (χ0n) is 11.9. The van der Waals surface area contributed by atoms with Crippen molar-refractivity contribution in [3.05, 3.63) is 12.4 Å². The molecule has 0 saturated carbocycles. The molecule has 21 heavy (non-hydrogen) atoms. The number of thioether (sulfide) groups is 1. The van der Waals surface area contributed by atoms with Gasteiger partial charge in [0.1, 0.15) is 4.90 Å². The Balaban J connectivity index is 1.81. The molecule has 7 nitrogen and oxygen atoms in total. The predicted octanol–water partition coefficient (Wildman–Crippen LogP) is -0.407. The van der Waals surface area contributed by atoms with Crippen LogP contribution in [0, 0.1) is 0 Å². The Morgan fingerprint density at radius 1 is 1.33 bits per heavy atom. The summed E-state index contributed by atoms with van der Waals surface area (Å²) in [7, 11) is -3.49. The molecule has 120 valence electrons. The number of sulfonamides is 1. The van der Waals surface area contributed by atoms with Gasteiger partial charge in [-0.15, -0.1) is 0 Å². The smallest absolute Gasteiger partial charge is 0.243 e. The number of hydrogen-bond acceptors (Lipinski definition) is 6. The summed E-state index contributed by atoms with van der Waals surface area (Å²) in [4.78, 5) is 2.44. The van der Waals surface area contributed by atoms with Crippen LogP contribution in [-0.4, -0.2) is 72.5 Å². The van der Waals surface area contributed by atoms with Crippen molar-refractivity contribution in [3.63, 3.8) is 0 Å². The Labute approximate surface area is 129 Å². The second kappa shape index (κ2) is 8.14. The first-order valence-corrected chi connectivity index (χ1v) is 9.69. The third kappa shape index (κ3) is 5.26. The molecule has 1 aromatic heterocycles. The highest BCUT2D eigenvalue weighted by Gasteiger charge is 2.17. The van der Waals surface area contributed by atoms with Gasteiger partial charge in [0.05, 0.1) is 6.20 Å². The van der Waals surface area contributed by atoms with Crippen LogP contribution in [0.15, 0.2) is 17.3 Å². The van der Waals surface area contributed by atoms with Crippen molar-refractivity contribution in [2.45, 2.75) is 17.9 Å². The van der Waals surface area contributed by atoms with E-state index in [4.69, 9.17) is 5.11 Å². The largest absolute Gasteiger partial charge is 0.396 e. The molecule has 0 radical (unpaired) electrons. The van der Waals surface area contributed by atoms with E-state index in [1.807, 2.05) is 11.8 Å². The molecule has 0 aromatic carbocycles. The summed E-state index contributed by atoms with van der Waals surface area (Å²) >= 11 is 1.93. The number of nitrogens with one attached hydrogen (secondary N) is 1. The Hall–Kier alpha value is -0.610. The highest BCUT2D eigenvalue weighted by Crippen LogP contribution is 2.09. The van der Waals surface area contributed by atoms with Crippen molar-refractivity contribution in [1.29, 1.82) is 0 Å². The lowest BCUT2D eigenvalue weighted by Gasteiger charge is -2.25. The molecule has 2 heterocycles. The quantitative estimate of drug-likeness (QED) is 0.672. The van der Waals surface area contributed by atoms with Gasteiger partial charge in [-0.25, -0.2) is 13.1 Å². The fourth-order valence-electron chi connectivity index (χ4n) is 2.08. The summed E-state index contributed by atoms with van der Waals surface area (Å²) in [6.07, 6.45) is 3.40. The van der Waals surface area contributed by atoms with Gasteiger partial charge in [0.15, 0.2) is 0 Å². The minimum absolute atomic E-state index is 0.0638. The van der Waals surface area contributed by atoms with E-state index >= 15 is 0 Å². The van der Waals surface area contributed by atoms with Crippen LogP contribution >= 0.6 is 11.8 Å². The highest BCUT2D eigenvalue weighted by atomic mass is 32.2. The first kappa shape index (κ1) is 16.8. The molecule has 0 spiro atoms. The number of hydrogen-bond donors (Lipinski definition) is 2. The van der Waals surface area contributed by atoms with Crippen molar-refractivity contribution in [3.8, 4) is 0 Å². The van der Waals surface area contributed by atoms with Gasteiger partial charge in [0, 0.05) is 57.0 Å². The molecule has 0 bridgehead atoms. The molecule has 2 rings (SSSR count). The van der Waals surface area contributed by atoms with Crippen LogP contribution < -0.4 is 4.72 Å². The average Bonchev–Trinajstić information content (AvgIpc) is 2.96. The van der Waals surface area contributed by atoms with Crippen LogP contribution in [0.5, 0.6) is 0 Å². The van der Waals surface area contributed by atoms with Gasteiger partial charge in [-0.3, -0.25) is 4.68 Å². The zero-order chi connectivity index (χ0) is 15.1. The highest BCUT2D eigenvalue weighted by molar-refractivity contribution is 7.99. The lowest BCUT2D eigenvalue weighted by Crippen LogP contribution is -2.39. The fourth-order valence-corrected chi connectivity index (χ4v) is 4.04. The Morgan fingerprint density at radius 3 is 2.81 bits per heavy atom. The molecule has 0 aliphatic carbocycles. The Morgan fingerprint density at radius 2 is 2.10 bits per heavy atom. The van der Waals surface area contributed by atoms with Crippen LogP contribution in [0.1, 0.15) is 6.42 Å². The number of aryl methyl sites for hydroxylation is 1. The van der Waals surface area contributed by atoms with Gasteiger partial charge < -0.3 is 10.0 Å². The SMILES string of the molecule is O=S(=O)(NCCN1CCSCC1)c1cnn(CCCO)c1. The van der Waals surface area contributed by atoms with E-state index in [1.54, 1.807) is 0 Å². The van der Waals surface area contributed by atoms with Crippen LogP contribution in [0.25, 0.3) is 0 Å². The molecule has 1 aliphatic heterocycles. The van der Waals surface area contributed by atoms with E-state index in [9.17, 15) is 8.42 Å². The standard InChI is InChI=1S/C12H22N4O3S2/c17-7-1-3-16-11-12(10-13-16)21(18,19)14-2-4-15-5-8-20-9-6-15/h10-11,14,17H,1-9H2. The van der Waals surface area contributed by atoms with Gasteiger partial charge in [-0.05, 0) is 6.42 Å². The van der Waals surface area contributed by atoms with Crippen molar-refractivity contribution in [2.24, 2.45) is 0 Å². The van der Waals surface area contributed by atoms with E-state index in [0.29, 0.717) is 19.5 Å². The Kier molecular flexibility index (Phi) is 6.49. The topological polar surface area (TPSA) is 87.5 Å². The van der Waals surface area contributed by atoms with E-state index in [1.165, 1.54) is 17.1 Å². The van der Waals surface area contributed by atoms with E-state index in [-0.39, 0.29) is 11.5 Å². The van der Waals surface area contributed by atoms with Crippen molar-refractivity contribution < 1.29 is 13.5 Å². The summed E-state index contributed by atoms with van der Waals surface area (Å²) in [6, 6.07) is 0. The number of nitrogens with zero attached hydrogens (tertiary/aromatic N) is 3. The maximum Gasteiger partial charge on any atom is 0.243 e. The lowest BCUT2D eigenvalue weighted by molar-refractivity contribution is 0.277. The summed E-state index contributed by atoms with van der Waals surface area (Å²) in [6.45, 7) is 3.76. The average molecular weight is 334 g/mol. The molecule has 0 amide bonds. The van der Waals surface area contributed by atoms with Gasteiger partial charge in [0.25, 0.3) is 0 Å². The molecule has 1 fully saturated rings. The number of aliphatic hydroxyl groups is 1. The number of aromatic nitrogens is 2. The first-order valence-electron chi connectivity index (χ1n) is 7.05. The molecule has 0 unspecified atom stereocenters. The molecule has 1 aliphatic rings. The third-order valence-corrected chi connectivity index (χ3v) is 5.65. The van der Waals surface area contributed by atoms with E-state index < -0.39 is 10.0 Å². The molecular weight excluding hydrogens is 312 g/mol. The fraction of sp³-hybridized carbons (Fsp3) is 0.750. The predicted molar refractivity (Wildman–Crippen MR) is 82.9 cm³/mol. The second-order valence-electron chi connectivity index (χ2n) is 4.87. The van der Waals surface area contributed by atoms with Gasteiger partial charge >= 0.3 is 0 Å². The van der Waals surface area contributed by atoms with Gasteiger partial charge in [0.2, 0.25) is 10.0 Å². The lowest BCUT2D eigenvalue weighted by atomic mass is 10.5. The summed E-state index contributed by atoms with van der Waals surface area (Å²) in [5, 5.41) is 12.7. The minimum Gasteiger partial charge on any atom is -0.396 e. The monoisotopic (exact) mass is 334 g/mol. The summed E-state index contributed by atoms with van der Waals surface area (Å²) in [5.74, 6) is 2.23. The maximum atomic E-state index is 12.1. The van der Waals surface area contributed by atoms with Crippen LogP contribution in [0.2, 0.25) is 0 Å². The zero-order valence-corrected chi connectivity index (χ0v) is 13.6. The van der Waals surface area contributed by atoms with Crippen LogP contribution in [0.4, 0.5) is 0 Å². The van der Waals surface area contributed by atoms with E-state index in [0.717, 1.165) is 31.1 Å². The third-order valence-electron chi connectivity index (χ3n) is 3.29. The normalized spacial score (nSPS) is 17.2. The maximum absolute atomic E-state index is 12.1. The minimum atomic E-state index is -3.49. The second-order valence-corrected chi connectivity index (χ2v) is 7.86.